The predicted octanol–water partition coefficient (Wildman–Crippen LogP) is 5.29. The molecule has 0 aromatic carbocycles. The lowest BCUT2D eigenvalue weighted by atomic mass is 9.75. The number of hydrogen-bond acceptors (Lipinski definition) is 9. The fraction of sp³-hybridized carbons (Fsp3) is 0.706. The van der Waals surface area contributed by atoms with Crippen molar-refractivity contribution in [3.63, 3.8) is 0 Å². The predicted molar refractivity (Wildman–Crippen MR) is 173 cm³/mol. The van der Waals surface area contributed by atoms with Crippen LogP contribution in [0.4, 0.5) is 5.82 Å². The summed E-state index contributed by atoms with van der Waals surface area (Å²) in [5.41, 5.74) is 11.4. The molecule has 1 unspecified atom stereocenters. The van der Waals surface area contributed by atoms with Gasteiger partial charge in [-0.3, -0.25) is 9.47 Å². The number of nitrogens with two attached hydrogens (primary N) is 1. The molecule has 244 valence electrons. The minimum absolute atomic E-state index is 0.150. The molecule has 5 heterocycles. The van der Waals surface area contributed by atoms with E-state index in [9.17, 15) is 0 Å². The van der Waals surface area contributed by atoms with Gasteiger partial charge in [-0.05, 0) is 76.7 Å². The third-order valence-electron chi connectivity index (χ3n) is 10.4. The third-order valence-corrected chi connectivity index (χ3v) is 10.4. The zero-order chi connectivity index (χ0) is 31.8. The fourth-order valence-corrected chi connectivity index (χ4v) is 8.16. The number of allylic oxidation sites excluding steroid dienone is 1. The summed E-state index contributed by atoms with van der Waals surface area (Å²) in [6.07, 6.45) is 10.1. The molecule has 0 radical (unpaired) electrons. The average molecular weight is 619 g/mol. The molecule has 11 heteroatoms. The molecule has 3 N–H and O–H groups in total. The van der Waals surface area contributed by atoms with Gasteiger partial charge in [-0.2, -0.15) is 0 Å². The van der Waals surface area contributed by atoms with Crippen molar-refractivity contribution in [2.45, 2.75) is 130 Å². The monoisotopic (exact) mass is 618 g/mol. The Kier molecular flexibility index (Phi) is 7.62. The van der Waals surface area contributed by atoms with Gasteiger partial charge in [-0.25, -0.2) is 19.9 Å². The highest BCUT2D eigenvalue weighted by Gasteiger charge is 2.57. The Labute approximate surface area is 266 Å². The third kappa shape index (κ3) is 5.70. The van der Waals surface area contributed by atoms with Gasteiger partial charge in [0.15, 0.2) is 23.5 Å². The van der Waals surface area contributed by atoms with Crippen LogP contribution in [-0.4, -0.2) is 77.1 Å². The second-order valence-electron chi connectivity index (χ2n) is 15.5. The van der Waals surface area contributed by atoms with Crippen molar-refractivity contribution in [1.82, 2.24) is 34.4 Å². The van der Waals surface area contributed by atoms with Crippen LogP contribution in [-0.2, 0) is 27.1 Å². The molecule has 3 aromatic heterocycles. The molecular weight excluding hydrogens is 568 g/mol. The minimum atomic E-state index is -0.697. The van der Waals surface area contributed by atoms with Crippen molar-refractivity contribution < 1.29 is 14.2 Å². The number of imidazole rings is 2. The number of aryl methyl sites for hydroxylation is 1. The summed E-state index contributed by atoms with van der Waals surface area (Å²) >= 11 is 0. The van der Waals surface area contributed by atoms with Gasteiger partial charge in [-0.15, -0.1) is 0 Å². The van der Waals surface area contributed by atoms with Crippen LogP contribution in [0.5, 0.6) is 0 Å². The van der Waals surface area contributed by atoms with Gasteiger partial charge >= 0.3 is 0 Å². The number of H-pyrrole nitrogens is 1. The summed E-state index contributed by atoms with van der Waals surface area (Å²) in [6.45, 7) is 18.5. The van der Waals surface area contributed by atoms with Gasteiger partial charge in [0.05, 0.1) is 12.0 Å². The maximum Gasteiger partial charge on any atom is 0.167 e. The molecule has 11 nitrogen and oxygen atoms in total. The molecule has 3 fully saturated rings. The molecule has 1 saturated carbocycles. The summed E-state index contributed by atoms with van der Waals surface area (Å²) in [7, 11) is 0. The number of hydrogen-bond donors (Lipinski definition) is 2. The van der Waals surface area contributed by atoms with E-state index in [2.05, 4.69) is 72.5 Å². The Morgan fingerprint density at radius 2 is 1.89 bits per heavy atom. The molecule has 5 atom stereocenters. The molecule has 7 rings (SSSR count). The highest BCUT2D eigenvalue weighted by Crippen LogP contribution is 2.45. The normalized spacial score (nSPS) is 31.0. The largest absolute Gasteiger partial charge is 0.382 e. The zero-order valence-corrected chi connectivity index (χ0v) is 28.1. The molecule has 0 bridgehead atoms. The standard InChI is InChI=1S/C34H50N8O3/c1-18(2)41(21-12-20(13-21)9-10-26-39-23-11-19(3)22(33(4,5)6)14-24(23)40-26)15-25-28-29(45-34(7,8)44-28)32(43-25)42-17-38-27-30(35)36-16-37-31(27)42/h14,16-21,25,28-29,32H,9-13,15H2,1-8H3,(H,39,40)(H2,35,36,37)/t19?,20?,21?,25-,28-,29-,32-/m1/s1. The van der Waals surface area contributed by atoms with Crippen molar-refractivity contribution in [2.75, 3.05) is 12.3 Å². The maximum atomic E-state index is 6.73. The van der Waals surface area contributed by atoms with Crippen LogP contribution in [0.15, 0.2) is 18.2 Å². The molecule has 45 heavy (non-hydrogen) atoms. The van der Waals surface area contributed by atoms with E-state index < -0.39 is 12.0 Å². The SMILES string of the molecule is CC1Cc2[nH]c(CCC3CC(N(C[C@H]4O[C@@H](n5cnc6c(N)ncnc65)[C@@H]5OC(C)(C)O[C@@H]54)C(C)C)C3)nc2C=C1C(C)(C)C. The lowest BCUT2D eigenvalue weighted by Crippen LogP contribution is -2.52. The molecule has 0 spiro atoms. The number of nitrogens with one attached hydrogen (secondary N) is 1. The van der Waals surface area contributed by atoms with Crippen LogP contribution in [0, 0.1) is 17.3 Å². The van der Waals surface area contributed by atoms with E-state index in [1.807, 2.05) is 18.4 Å². The van der Waals surface area contributed by atoms with Crippen LogP contribution < -0.4 is 5.73 Å². The second kappa shape index (κ2) is 11.1. The van der Waals surface area contributed by atoms with Crippen molar-refractivity contribution in [3.8, 4) is 0 Å². The van der Waals surface area contributed by atoms with Crippen LogP contribution in [0.25, 0.3) is 17.2 Å². The number of anilines is 1. The summed E-state index contributed by atoms with van der Waals surface area (Å²) in [6, 6.07) is 0.910. The Balaban J connectivity index is 0.995. The first kappa shape index (κ1) is 30.8. The van der Waals surface area contributed by atoms with E-state index in [0.29, 0.717) is 40.9 Å². The number of ether oxygens (including phenoxy) is 3. The first-order valence-corrected chi connectivity index (χ1v) is 16.8. The molecule has 2 aliphatic carbocycles. The van der Waals surface area contributed by atoms with Crippen molar-refractivity contribution in [3.05, 3.63) is 35.4 Å². The van der Waals surface area contributed by atoms with Crippen molar-refractivity contribution >= 4 is 23.1 Å². The van der Waals surface area contributed by atoms with Gasteiger partial charge in [0.1, 0.15) is 36.0 Å². The molecular formula is C34H50N8O3. The average Bonchev–Trinajstić information content (AvgIpc) is 3.67. The Bertz CT molecular complexity index is 1580. The van der Waals surface area contributed by atoms with Gasteiger partial charge < -0.3 is 24.9 Å². The molecule has 2 saturated heterocycles. The highest BCUT2D eigenvalue weighted by atomic mass is 16.8. The van der Waals surface area contributed by atoms with Crippen LogP contribution in [0.1, 0.15) is 98.1 Å². The molecule has 4 aliphatic rings. The Hall–Kier alpha value is -2.86. The van der Waals surface area contributed by atoms with Crippen LogP contribution in [0.3, 0.4) is 0 Å². The van der Waals surface area contributed by atoms with Gasteiger partial charge in [0, 0.05) is 30.7 Å². The number of nitrogen functional groups attached to an aromatic ring is 1. The summed E-state index contributed by atoms with van der Waals surface area (Å²) in [4.78, 5) is 24.3. The minimum Gasteiger partial charge on any atom is -0.382 e. The number of rotatable bonds is 8. The molecule has 0 amide bonds. The molecule has 2 aliphatic heterocycles. The van der Waals surface area contributed by atoms with E-state index in [4.69, 9.17) is 24.9 Å². The van der Waals surface area contributed by atoms with Gasteiger partial charge in [0.2, 0.25) is 0 Å². The van der Waals surface area contributed by atoms with Gasteiger partial charge in [0.25, 0.3) is 0 Å². The highest BCUT2D eigenvalue weighted by molar-refractivity contribution is 5.81. The van der Waals surface area contributed by atoms with Crippen molar-refractivity contribution in [2.24, 2.45) is 17.3 Å². The second-order valence-corrected chi connectivity index (χ2v) is 15.5. The van der Waals surface area contributed by atoms with E-state index in [1.165, 1.54) is 30.4 Å². The van der Waals surface area contributed by atoms with E-state index in [0.717, 1.165) is 37.3 Å². The number of aromatic amines is 1. The number of aromatic nitrogens is 6. The van der Waals surface area contributed by atoms with Crippen molar-refractivity contribution in [1.29, 1.82) is 0 Å². The molecule has 3 aromatic rings. The number of nitrogens with zero attached hydrogens (tertiary/aromatic N) is 6. The Morgan fingerprint density at radius 3 is 2.62 bits per heavy atom. The summed E-state index contributed by atoms with van der Waals surface area (Å²) < 4.78 is 21.5. The summed E-state index contributed by atoms with van der Waals surface area (Å²) in [5, 5.41) is 0. The topological polar surface area (TPSA) is 129 Å². The van der Waals surface area contributed by atoms with Gasteiger partial charge in [-0.1, -0.05) is 33.3 Å². The van der Waals surface area contributed by atoms with E-state index in [1.54, 1.807) is 6.33 Å². The first-order chi connectivity index (χ1) is 21.3. The lowest BCUT2D eigenvalue weighted by Gasteiger charge is -2.46. The fourth-order valence-electron chi connectivity index (χ4n) is 8.16. The van der Waals surface area contributed by atoms with E-state index in [-0.39, 0.29) is 23.7 Å². The maximum absolute atomic E-state index is 6.73. The zero-order valence-electron chi connectivity index (χ0n) is 28.1. The first-order valence-electron chi connectivity index (χ1n) is 16.8. The quantitative estimate of drug-likeness (QED) is 0.346. The smallest absolute Gasteiger partial charge is 0.167 e. The lowest BCUT2D eigenvalue weighted by molar-refractivity contribution is -0.199. The van der Waals surface area contributed by atoms with Crippen LogP contribution in [0.2, 0.25) is 0 Å². The summed E-state index contributed by atoms with van der Waals surface area (Å²) in [5.74, 6) is 2.05. The Morgan fingerprint density at radius 1 is 1.13 bits per heavy atom. The van der Waals surface area contributed by atoms with Crippen LogP contribution >= 0.6 is 0 Å². The van der Waals surface area contributed by atoms with E-state index >= 15 is 0 Å². The number of fused-ring (bicyclic) bond motifs is 3.